The van der Waals surface area contributed by atoms with Crippen LogP contribution in [-0.4, -0.2) is 31.1 Å². The summed E-state index contributed by atoms with van der Waals surface area (Å²) in [4.78, 5) is 2.58. The smallest absolute Gasteiger partial charge is 0.0233 e. The van der Waals surface area contributed by atoms with E-state index >= 15 is 0 Å². The topological polar surface area (TPSA) is 15.3 Å². The molecule has 0 atom stereocenters. The second-order valence-corrected chi connectivity index (χ2v) is 5.75. The molecule has 2 heterocycles. The third-order valence-electron chi connectivity index (χ3n) is 4.37. The summed E-state index contributed by atoms with van der Waals surface area (Å²) >= 11 is 0. The van der Waals surface area contributed by atoms with E-state index in [2.05, 4.69) is 34.5 Å². The fourth-order valence-corrected chi connectivity index (χ4v) is 3.30. The fourth-order valence-electron chi connectivity index (χ4n) is 3.30. The molecule has 0 amide bonds. The number of rotatable bonds is 3. The molecule has 1 aromatic carbocycles. The van der Waals surface area contributed by atoms with Crippen molar-refractivity contribution < 1.29 is 0 Å². The van der Waals surface area contributed by atoms with Gasteiger partial charge in [0.25, 0.3) is 0 Å². The Morgan fingerprint density at radius 1 is 1.11 bits per heavy atom. The predicted octanol–water partition coefficient (Wildman–Crippen LogP) is 2.75. The lowest BCUT2D eigenvalue weighted by Gasteiger charge is -2.24. The highest BCUT2D eigenvalue weighted by Crippen LogP contribution is 2.26. The van der Waals surface area contributed by atoms with Crippen LogP contribution in [0.3, 0.4) is 0 Å². The summed E-state index contributed by atoms with van der Waals surface area (Å²) in [5.74, 6) is 0.782. The molecule has 0 spiro atoms. The van der Waals surface area contributed by atoms with Crippen LogP contribution in [-0.2, 0) is 6.54 Å². The molecule has 0 aromatic heterocycles. The standard InChI is InChI=1S/C16H24N2/c1-2-11-18(10-1)13-14-4-3-5-16(12-14)15-6-8-17-9-7-15/h3-5,12,15,17H,1-2,6-11,13H2. The maximum Gasteiger partial charge on any atom is 0.0233 e. The van der Waals surface area contributed by atoms with Crippen LogP contribution in [0.4, 0.5) is 0 Å². The highest BCUT2D eigenvalue weighted by Gasteiger charge is 2.16. The van der Waals surface area contributed by atoms with E-state index < -0.39 is 0 Å². The van der Waals surface area contributed by atoms with Gasteiger partial charge in [0.05, 0.1) is 0 Å². The fraction of sp³-hybridized carbons (Fsp3) is 0.625. The van der Waals surface area contributed by atoms with Crippen molar-refractivity contribution in [2.24, 2.45) is 0 Å². The number of nitrogens with zero attached hydrogens (tertiary/aromatic N) is 1. The van der Waals surface area contributed by atoms with Gasteiger partial charge in [0.1, 0.15) is 0 Å². The average molecular weight is 244 g/mol. The van der Waals surface area contributed by atoms with Crippen LogP contribution in [0.5, 0.6) is 0 Å². The molecule has 0 saturated carbocycles. The van der Waals surface area contributed by atoms with Gasteiger partial charge in [0.2, 0.25) is 0 Å². The molecular formula is C16H24N2. The molecule has 0 bridgehead atoms. The number of nitrogens with one attached hydrogen (secondary N) is 1. The van der Waals surface area contributed by atoms with E-state index in [1.54, 1.807) is 5.56 Å². The van der Waals surface area contributed by atoms with Crippen LogP contribution in [0.25, 0.3) is 0 Å². The maximum absolute atomic E-state index is 3.45. The monoisotopic (exact) mass is 244 g/mol. The Balaban J connectivity index is 1.67. The molecular weight excluding hydrogens is 220 g/mol. The largest absolute Gasteiger partial charge is 0.317 e. The zero-order valence-electron chi connectivity index (χ0n) is 11.2. The second kappa shape index (κ2) is 5.85. The van der Waals surface area contributed by atoms with Crippen molar-refractivity contribution in [3.8, 4) is 0 Å². The summed E-state index contributed by atoms with van der Waals surface area (Å²) in [6.45, 7) is 6.09. The first-order valence-corrected chi connectivity index (χ1v) is 7.44. The lowest BCUT2D eigenvalue weighted by atomic mass is 9.89. The first kappa shape index (κ1) is 12.2. The highest BCUT2D eigenvalue weighted by molar-refractivity contribution is 5.27. The minimum absolute atomic E-state index is 0.782. The van der Waals surface area contributed by atoms with E-state index in [4.69, 9.17) is 0 Å². The molecule has 18 heavy (non-hydrogen) atoms. The van der Waals surface area contributed by atoms with Crippen LogP contribution in [0, 0.1) is 0 Å². The Labute approximate surface area is 110 Å². The van der Waals surface area contributed by atoms with Crippen LogP contribution < -0.4 is 5.32 Å². The van der Waals surface area contributed by atoms with Gasteiger partial charge >= 0.3 is 0 Å². The van der Waals surface area contributed by atoms with E-state index in [0.29, 0.717) is 0 Å². The highest BCUT2D eigenvalue weighted by atomic mass is 15.1. The van der Waals surface area contributed by atoms with Gasteiger partial charge in [-0.1, -0.05) is 24.3 Å². The Hall–Kier alpha value is -0.860. The molecule has 2 nitrogen and oxygen atoms in total. The van der Waals surface area contributed by atoms with Gasteiger partial charge in [0, 0.05) is 6.54 Å². The zero-order valence-corrected chi connectivity index (χ0v) is 11.2. The summed E-state index contributed by atoms with van der Waals surface area (Å²) in [6, 6.07) is 9.32. The van der Waals surface area contributed by atoms with Gasteiger partial charge in [-0.05, 0) is 68.9 Å². The second-order valence-electron chi connectivity index (χ2n) is 5.75. The first-order valence-electron chi connectivity index (χ1n) is 7.44. The lowest BCUT2D eigenvalue weighted by molar-refractivity contribution is 0.331. The van der Waals surface area contributed by atoms with Gasteiger partial charge in [-0.15, -0.1) is 0 Å². The summed E-state index contributed by atoms with van der Waals surface area (Å²) < 4.78 is 0. The summed E-state index contributed by atoms with van der Waals surface area (Å²) in [7, 11) is 0. The Morgan fingerprint density at radius 3 is 2.67 bits per heavy atom. The van der Waals surface area contributed by atoms with Crippen molar-refractivity contribution in [3.05, 3.63) is 35.4 Å². The van der Waals surface area contributed by atoms with Gasteiger partial charge in [-0.3, -0.25) is 4.90 Å². The van der Waals surface area contributed by atoms with Crippen LogP contribution in [0.1, 0.15) is 42.7 Å². The van der Waals surface area contributed by atoms with Crippen molar-refractivity contribution in [1.29, 1.82) is 0 Å². The van der Waals surface area contributed by atoms with E-state index in [9.17, 15) is 0 Å². The number of piperidine rings is 1. The van der Waals surface area contributed by atoms with Gasteiger partial charge < -0.3 is 5.32 Å². The van der Waals surface area contributed by atoms with Gasteiger partial charge in [-0.2, -0.15) is 0 Å². The van der Waals surface area contributed by atoms with Crippen molar-refractivity contribution in [2.45, 2.75) is 38.1 Å². The maximum atomic E-state index is 3.45. The average Bonchev–Trinajstić information content (AvgIpc) is 2.93. The van der Waals surface area contributed by atoms with Crippen LogP contribution in [0.15, 0.2) is 24.3 Å². The van der Waals surface area contributed by atoms with E-state index in [0.717, 1.165) is 12.5 Å². The molecule has 0 aliphatic carbocycles. The Kier molecular flexibility index (Phi) is 3.96. The van der Waals surface area contributed by atoms with Gasteiger partial charge in [-0.25, -0.2) is 0 Å². The molecule has 0 unspecified atom stereocenters. The van der Waals surface area contributed by atoms with Crippen LogP contribution in [0.2, 0.25) is 0 Å². The summed E-state index contributed by atoms with van der Waals surface area (Å²) in [6.07, 6.45) is 5.36. The molecule has 0 radical (unpaired) electrons. The number of hydrogen-bond donors (Lipinski definition) is 1. The van der Waals surface area contributed by atoms with Crippen molar-refractivity contribution >= 4 is 0 Å². The summed E-state index contributed by atoms with van der Waals surface area (Å²) in [5.41, 5.74) is 3.07. The first-order chi connectivity index (χ1) is 8.92. The lowest BCUT2D eigenvalue weighted by Crippen LogP contribution is -2.26. The molecule has 2 heteroatoms. The molecule has 2 saturated heterocycles. The predicted molar refractivity (Wildman–Crippen MR) is 75.8 cm³/mol. The van der Waals surface area contributed by atoms with Gasteiger partial charge in [0.15, 0.2) is 0 Å². The molecule has 1 N–H and O–H groups in total. The quantitative estimate of drug-likeness (QED) is 0.879. The normalized spacial score (nSPS) is 22.4. The van der Waals surface area contributed by atoms with Crippen LogP contribution >= 0.6 is 0 Å². The molecule has 3 rings (SSSR count). The SMILES string of the molecule is c1cc(CN2CCCC2)cc(C2CCNCC2)c1. The Morgan fingerprint density at radius 2 is 1.89 bits per heavy atom. The number of hydrogen-bond acceptors (Lipinski definition) is 2. The molecule has 2 fully saturated rings. The molecule has 1 aromatic rings. The van der Waals surface area contributed by atoms with E-state index in [-0.39, 0.29) is 0 Å². The van der Waals surface area contributed by atoms with Crippen molar-refractivity contribution in [1.82, 2.24) is 10.2 Å². The minimum atomic E-state index is 0.782. The Bertz CT molecular complexity index is 376. The summed E-state index contributed by atoms with van der Waals surface area (Å²) in [5, 5.41) is 3.45. The number of benzene rings is 1. The third-order valence-corrected chi connectivity index (χ3v) is 4.37. The van der Waals surface area contributed by atoms with E-state index in [1.165, 1.54) is 57.4 Å². The minimum Gasteiger partial charge on any atom is -0.317 e. The zero-order chi connectivity index (χ0) is 12.2. The third kappa shape index (κ3) is 2.93. The molecule has 98 valence electrons. The molecule has 2 aliphatic heterocycles. The van der Waals surface area contributed by atoms with Crippen molar-refractivity contribution in [3.63, 3.8) is 0 Å². The van der Waals surface area contributed by atoms with E-state index in [1.807, 2.05) is 0 Å². The molecule has 2 aliphatic rings. The van der Waals surface area contributed by atoms with Crippen molar-refractivity contribution in [2.75, 3.05) is 26.2 Å². The number of likely N-dealkylation sites (tertiary alicyclic amines) is 1.